The second-order valence-electron chi connectivity index (χ2n) is 3.76. The fourth-order valence-electron chi connectivity index (χ4n) is 1.72. The lowest BCUT2D eigenvalue weighted by Gasteiger charge is -1.96. The zero-order chi connectivity index (χ0) is 11.7. The number of aryl methyl sites for hydroxylation is 1. The maximum Gasteiger partial charge on any atom is 0.150 e. The van der Waals surface area contributed by atoms with Crippen molar-refractivity contribution in [1.82, 2.24) is 9.55 Å². The van der Waals surface area contributed by atoms with Gasteiger partial charge in [-0.25, -0.2) is 4.98 Å². The molecule has 2 aromatic heterocycles. The SMILES string of the molecule is Cn1ccnc1C=Nc1cccc2occc12. The molecule has 2 heterocycles. The van der Waals surface area contributed by atoms with Gasteiger partial charge in [0.1, 0.15) is 5.58 Å². The van der Waals surface area contributed by atoms with Crippen molar-refractivity contribution in [2.75, 3.05) is 0 Å². The smallest absolute Gasteiger partial charge is 0.150 e. The van der Waals surface area contributed by atoms with Gasteiger partial charge < -0.3 is 8.98 Å². The molecule has 84 valence electrons. The minimum Gasteiger partial charge on any atom is -0.464 e. The highest BCUT2D eigenvalue weighted by atomic mass is 16.3. The molecule has 0 N–H and O–H groups in total. The molecule has 3 rings (SSSR count). The van der Waals surface area contributed by atoms with Crippen LogP contribution in [0.3, 0.4) is 0 Å². The lowest BCUT2D eigenvalue weighted by Crippen LogP contribution is -1.94. The predicted molar refractivity (Wildman–Crippen MR) is 66.7 cm³/mol. The van der Waals surface area contributed by atoms with Crippen LogP contribution in [-0.4, -0.2) is 15.8 Å². The largest absolute Gasteiger partial charge is 0.464 e. The Labute approximate surface area is 98.2 Å². The van der Waals surface area contributed by atoms with Crippen LogP contribution < -0.4 is 0 Å². The molecule has 0 saturated heterocycles. The second kappa shape index (κ2) is 3.90. The van der Waals surface area contributed by atoms with Crippen LogP contribution >= 0.6 is 0 Å². The van der Waals surface area contributed by atoms with Crippen molar-refractivity contribution in [2.45, 2.75) is 0 Å². The zero-order valence-corrected chi connectivity index (χ0v) is 9.37. The van der Waals surface area contributed by atoms with E-state index in [9.17, 15) is 0 Å². The van der Waals surface area contributed by atoms with Gasteiger partial charge in [-0.05, 0) is 18.2 Å². The fourth-order valence-corrected chi connectivity index (χ4v) is 1.72. The van der Waals surface area contributed by atoms with Crippen molar-refractivity contribution in [1.29, 1.82) is 0 Å². The van der Waals surface area contributed by atoms with Crippen LogP contribution in [0.4, 0.5) is 5.69 Å². The summed E-state index contributed by atoms with van der Waals surface area (Å²) in [6.45, 7) is 0. The lowest BCUT2D eigenvalue weighted by atomic mass is 10.2. The summed E-state index contributed by atoms with van der Waals surface area (Å²) in [5.41, 5.74) is 1.73. The Balaban J connectivity index is 2.03. The van der Waals surface area contributed by atoms with Crippen molar-refractivity contribution in [3.8, 4) is 0 Å². The number of hydrogen-bond donors (Lipinski definition) is 0. The van der Waals surface area contributed by atoms with E-state index in [1.165, 1.54) is 0 Å². The van der Waals surface area contributed by atoms with E-state index >= 15 is 0 Å². The number of fused-ring (bicyclic) bond motifs is 1. The third-order valence-electron chi connectivity index (χ3n) is 2.65. The molecular formula is C13H11N3O. The third kappa shape index (κ3) is 1.73. The first-order chi connectivity index (χ1) is 8.34. The number of hydrogen-bond acceptors (Lipinski definition) is 3. The third-order valence-corrected chi connectivity index (χ3v) is 2.65. The van der Waals surface area contributed by atoms with Crippen molar-refractivity contribution >= 4 is 22.9 Å². The van der Waals surface area contributed by atoms with Crippen LogP contribution in [0.15, 0.2) is 52.3 Å². The Bertz CT molecular complexity index is 679. The van der Waals surface area contributed by atoms with Gasteiger partial charge >= 0.3 is 0 Å². The molecule has 0 aliphatic rings. The number of aromatic nitrogens is 2. The molecule has 0 bridgehead atoms. The van der Waals surface area contributed by atoms with E-state index in [0.717, 1.165) is 22.5 Å². The molecule has 0 saturated carbocycles. The van der Waals surface area contributed by atoms with Crippen molar-refractivity contribution in [2.24, 2.45) is 12.0 Å². The topological polar surface area (TPSA) is 43.3 Å². The highest BCUT2D eigenvalue weighted by Gasteiger charge is 2.01. The van der Waals surface area contributed by atoms with E-state index in [2.05, 4.69) is 9.98 Å². The van der Waals surface area contributed by atoms with Crippen LogP contribution in [0.2, 0.25) is 0 Å². The number of imidazole rings is 1. The zero-order valence-electron chi connectivity index (χ0n) is 9.37. The average molecular weight is 225 g/mol. The summed E-state index contributed by atoms with van der Waals surface area (Å²) in [6, 6.07) is 7.73. The number of rotatable bonds is 2. The minimum absolute atomic E-state index is 0.825. The molecule has 0 amide bonds. The molecule has 4 heteroatoms. The Kier molecular flexibility index (Phi) is 2.26. The first-order valence-corrected chi connectivity index (χ1v) is 5.32. The highest BCUT2D eigenvalue weighted by molar-refractivity contribution is 5.91. The van der Waals surface area contributed by atoms with E-state index in [1.807, 2.05) is 42.1 Å². The molecule has 0 unspecified atom stereocenters. The minimum atomic E-state index is 0.825. The molecule has 0 radical (unpaired) electrons. The van der Waals surface area contributed by atoms with E-state index in [-0.39, 0.29) is 0 Å². The van der Waals surface area contributed by atoms with Crippen LogP contribution in [-0.2, 0) is 7.05 Å². The molecule has 1 aromatic carbocycles. The van der Waals surface area contributed by atoms with Gasteiger partial charge in [0.2, 0.25) is 0 Å². The first-order valence-electron chi connectivity index (χ1n) is 5.32. The second-order valence-corrected chi connectivity index (χ2v) is 3.76. The summed E-state index contributed by atoms with van der Waals surface area (Å²) >= 11 is 0. The molecule has 0 aliphatic heterocycles. The normalized spacial score (nSPS) is 11.6. The van der Waals surface area contributed by atoms with Gasteiger partial charge in [0, 0.05) is 24.8 Å². The Morgan fingerprint density at radius 3 is 3.12 bits per heavy atom. The quantitative estimate of drug-likeness (QED) is 0.629. The molecule has 3 aromatic rings. The van der Waals surface area contributed by atoms with Crippen molar-refractivity contribution in [3.63, 3.8) is 0 Å². The Hall–Kier alpha value is -2.36. The van der Waals surface area contributed by atoms with Crippen molar-refractivity contribution in [3.05, 3.63) is 48.7 Å². The summed E-state index contributed by atoms with van der Waals surface area (Å²) in [6.07, 6.45) is 7.06. The van der Waals surface area contributed by atoms with Crippen LogP contribution in [0, 0.1) is 0 Å². The first kappa shape index (κ1) is 9.84. The van der Waals surface area contributed by atoms with E-state index in [0.29, 0.717) is 0 Å². The van der Waals surface area contributed by atoms with Crippen LogP contribution in [0.25, 0.3) is 11.0 Å². The molecule has 0 aliphatic carbocycles. The Morgan fingerprint density at radius 2 is 2.29 bits per heavy atom. The summed E-state index contributed by atoms with van der Waals surface area (Å²) in [5.74, 6) is 0.825. The van der Waals surface area contributed by atoms with Gasteiger partial charge in [-0.1, -0.05) is 6.07 Å². The molecular weight excluding hydrogens is 214 g/mol. The maximum absolute atomic E-state index is 5.32. The van der Waals surface area contributed by atoms with E-state index in [1.54, 1.807) is 18.7 Å². The Morgan fingerprint density at radius 1 is 1.35 bits per heavy atom. The number of aliphatic imine (C=N–C) groups is 1. The predicted octanol–water partition coefficient (Wildman–Crippen LogP) is 2.92. The molecule has 0 atom stereocenters. The number of nitrogens with zero attached hydrogens (tertiary/aromatic N) is 3. The fraction of sp³-hybridized carbons (Fsp3) is 0.0769. The van der Waals surface area contributed by atoms with Crippen molar-refractivity contribution < 1.29 is 4.42 Å². The number of benzene rings is 1. The number of furan rings is 1. The van der Waals surface area contributed by atoms with Gasteiger partial charge in [-0.3, -0.25) is 4.99 Å². The molecule has 4 nitrogen and oxygen atoms in total. The summed E-state index contributed by atoms with van der Waals surface area (Å²) in [7, 11) is 1.94. The van der Waals surface area contributed by atoms with Crippen LogP contribution in [0.5, 0.6) is 0 Å². The van der Waals surface area contributed by atoms with Gasteiger partial charge in [0.05, 0.1) is 18.2 Å². The van der Waals surface area contributed by atoms with E-state index < -0.39 is 0 Å². The summed E-state index contributed by atoms with van der Waals surface area (Å²) in [5, 5.41) is 1.01. The average Bonchev–Trinajstić information content (AvgIpc) is 2.95. The van der Waals surface area contributed by atoms with E-state index in [4.69, 9.17) is 4.42 Å². The van der Waals surface area contributed by atoms with Gasteiger partial charge in [0.25, 0.3) is 0 Å². The molecule has 0 fully saturated rings. The van der Waals surface area contributed by atoms with Crippen LogP contribution in [0.1, 0.15) is 5.82 Å². The van der Waals surface area contributed by atoms with Gasteiger partial charge in [-0.15, -0.1) is 0 Å². The lowest BCUT2D eigenvalue weighted by molar-refractivity contribution is 0.616. The maximum atomic E-state index is 5.32. The van der Waals surface area contributed by atoms with Gasteiger partial charge in [0.15, 0.2) is 5.82 Å². The molecule has 17 heavy (non-hydrogen) atoms. The molecule has 0 spiro atoms. The standard InChI is InChI=1S/C13H11N3O/c1-16-7-6-14-13(16)9-15-11-3-2-4-12-10(11)5-8-17-12/h2-9H,1H3. The highest BCUT2D eigenvalue weighted by Crippen LogP contribution is 2.26. The summed E-state index contributed by atoms with van der Waals surface area (Å²) < 4.78 is 7.24. The summed E-state index contributed by atoms with van der Waals surface area (Å²) in [4.78, 5) is 8.63. The monoisotopic (exact) mass is 225 g/mol. The van der Waals surface area contributed by atoms with Gasteiger partial charge in [-0.2, -0.15) is 0 Å².